The molecule has 0 atom stereocenters. The Balaban J connectivity index is 0.00000147. The predicted molar refractivity (Wildman–Crippen MR) is 68.6 cm³/mol. The number of benzene rings is 1. The van der Waals surface area contributed by atoms with Gasteiger partial charge in [0, 0.05) is 23.6 Å². The Morgan fingerprint density at radius 1 is 1.15 bits per heavy atom. The highest BCUT2D eigenvalue weighted by molar-refractivity contribution is 5.75. The molecule has 0 saturated carbocycles. The number of aromatic nitrogens is 1. The SMILES string of the molecule is CC(=O)Oc1ccccc1-c1cc2cccc[n+]2o1.[Br-]. The van der Waals surface area contributed by atoms with E-state index in [2.05, 4.69) is 0 Å². The maximum absolute atomic E-state index is 11.1. The average Bonchev–Trinajstić information content (AvgIpc) is 2.82. The molecule has 2 aromatic heterocycles. The summed E-state index contributed by atoms with van der Waals surface area (Å²) in [4.78, 5) is 11.1. The number of fused-ring (bicyclic) bond motifs is 1. The van der Waals surface area contributed by atoms with Crippen molar-refractivity contribution < 1.29 is 35.6 Å². The predicted octanol–water partition coefficient (Wildman–Crippen LogP) is -0.385. The van der Waals surface area contributed by atoms with E-state index in [1.165, 1.54) is 6.92 Å². The van der Waals surface area contributed by atoms with E-state index in [0.717, 1.165) is 11.1 Å². The van der Waals surface area contributed by atoms with Crippen molar-refractivity contribution in [2.24, 2.45) is 0 Å². The Bertz CT molecular complexity index is 718. The zero-order chi connectivity index (χ0) is 13.2. The Hall–Kier alpha value is -2.14. The molecule has 0 aliphatic carbocycles. The largest absolute Gasteiger partial charge is 1.00 e. The normalized spacial score (nSPS) is 10.1. The van der Waals surface area contributed by atoms with E-state index in [-0.39, 0.29) is 23.0 Å². The van der Waals surface area contributed by atoms with Crippen LogP contribution in [0.2, 0.25) is 0 Å². The van der Waals surface area contributed by atoms with Gasteiger partial charge in [-0.1, -0.05) is 12.1 Å². The van der Waals surface area contributed by atoms with E-state index in [1.54, 1.807) is 10.6 Å². The van der Waals surface area contributed by atoms with Crippen molar-refractivity contribution in [3.8, 4) is 17.1 Å². The average molecular weight is 334 g/mol. The third-order valence-electron chi connectivity index (χ3n) is 2.74. The highest BCUT2D eigenvalue weighted by atomic mass is 79.9. The molecule has 0 saturated heterocycles. The van der Waals surface area contributed by atoms with Crippen LogP contribution in [0.5, 0.6) is 5.75 Å². The lowest BCUT2D eigenvalue weighted by Gasteiger charge is -2.04. The van der Waals surface area contributed by atoms with Gasteiger partial charge in [0.05, 0.1) is 11.6 Å². The molecule has 20 heavy (non-hydrogen) atoms. The van der Waals surface area contributed by atoms with Crippen molar-refractivity contribution in [2.45, 2.75) is 6.92 Å². The fourth-order valence-corrected chi connectivity index (χ4v) is 1.94. The second-order valence-electron chi connectivity index (χ2n) is 4.14. The number of pyridine rings is 1. The molecule has 0 aliphatic heterocycles. The topological polar surface area (TPSA) is 43.5 Å². The van der Waals surface area contributed by atoms with Crippen LogP contribution in [-0.2, 0) is 4.79 Å². The first-order chi connectivity index (χ1) is 9.24. The number of ether oxygens (including phenoxy) is 1. The Morgan fingerprint density at radius 3 is 2.65 bits per heavy atom. The summed E-state index contributed by atoms with van der Waals surface area (Å²) in [5.74, 6) is 0.800. The summed E-state index contributed by atoms with van der Waals surface area (Å²) in [7, 11) is 0. The molecule has 0 N–H and O–H groups in total. The third kappa shape index (κ3) is 2.72. The maximum Gasteiger partial charge on any atom is 0.308 e. The van der Waals surface area contributed by atoms with Gasteiger partial charge in [-0.25, -0.2) is 4.52 Å². The third-order valence-corrected chi connectivity index (χ3v) is 2.74. The standard InChI is InChI=1S/C15H12NO3.BrH/c1-11(17)18-14-8-3-2-7-13(14)15-10-12-6-4-5-9-16(12)19-15;/h2-10H,1H3;1H/q+1;/p-1. The molecule has 0 bridgehead atoms. The highest BCUT2D eigenvalue weighted by Gasteiger charge is 2.17. The number of rotatable bonds is 2. The summed E-state index contributed by atoms with van der Waals surface area (Å²) in [5.41, 5.74) is 1.69. The van der Waals surface area contributed by atoms with E-state index < -0.39 is 0 Å². The van der Waals surface area contributed by atoms with Gasteiger partial charge in [0.15, 0.2) is 0 Å². The van der Waals surface area contributed by atoms with Gasteiger partial charge in [-0.05, 0) is 18.2 Å². The minimum Gasteiger partial charge on any atom is -1.00 e. The number of para-hydroxylation sites is 1. The van der Waals surface area contributed by atoms with Crippen molar-refractivity contribution in [3.05, 3.63) is 54.7 Å². The molecule has 4 nitrogen and oxygen atoms in total. The van der Waals surface area contributed by atoms with Gasteiger partial charge in [-0.15, -0.1) is 0 Å². The van der Waals surface area contributed by atoms with Gasteiger partial charge in [0.2, 0.25) is 12.0 Å². The number of carbonyl (C=O) groups is 1. The lowest BCUT2D eigenvalue weighted by molar-refractivity contribution is -0.714. The van der Waals surface area contributed by atoms with Crippen molar-refractivity contribution in [2.75, 3.05) is 0 Å². The molecule has 0 radical (unpaired) electrons. The number of halogens is 1. The number of carbonyl (C=O) groups excluding carboxylic acids is 1. The smallest absolute Gasteiger partial charge is 0.308 e. The zero-order valence-electron chi connectivity index (χ0n) is 10.7. The van der Waals surface area contributed by atoms with E-state index in [1.807, 2.05) is 48.7 Å². The number of hydrogen-bond acceptors (Lipinski definition) is 3. The van der Waals surface area contributed by atoms with E-state index in [0.29, 0.717) is 11.5 Å². The number of esters is 1. The molecule has 0 fully saturated rings. The van der Waals surface area contributed by atoms with Crippen molar-refractivity contribution in [3.63, 3.8) is 0 Å². The Kier molecular flexibility index (Phi) is 4.20. The van der Waals surface area contributed by atoms with Gasteiger partial charge in [-0.3, -0.25) is 4.79 Å². The zero-order valence-corrected chi connectivity index (χ0v) is 12.3. The van der Waals surface area contributed by atoms with Crippen LogP contribution in [0.15, 0.2) is 59.3 Å². The van der Waals surface area contributed by atoms with Gasteiger partial charge < -0.3 is 21.7 Å². The second-order valence-corrected chi connectivity index (χ2v) is 4.14. The first-order valence-electron chi connectivity index (χ1n) is 5.92. The highest BCUT2D eigenvalue weighted by Crippen LogP contribution is 2.30. The van der Waals surface area contributed by atoms with Crippen LogP contribution in [0.4, 0.5) is 0 Å². The summed E-state index contributed by atoms with van der Waals surface area (Å²) < 4.78 is 12.6. The molecule has 0 aliphatic rings. The van der Waals surface area contributed by atoms with Gasteiger partial charge in [-0.2, -0.15) is 0 Å². The maximum atomic E-state index is 11.1. The van der Waals surface area contributed by atoms with Crippen LogP contribution >= 0.6 is 0 Å². The summed E-state index contributed by atoms with van der Waals surface area (Å²) in [5, 5.41) is 0. The molecule has 0 spiro atoms. The monoisotopic (exact) mass is 333 g/mol. The van der Waals surface area contributed by atoms with Crippen LogP contribution in [-0.4, -0.2) is 5.97 Å². The van der Waals surface area contributed by atoms with Crippen molar-refractivity contribution >= 4 is 11.5 Å². The molecular formula is C15H12BrNO3. The molecule has 3 rings (SSSR count). The van der Waals surface area contributed by atoms with E-state index in [9.17, 15) is 4.79 Å². The Morgan fingerprint density at radius 2 is 1.90 bits per heavy atom. The van der Waals surface area contributed by atoms with Gasteiger partial charge in [0.25, 0.3) is 5.52 Å². The lowest BCUT2D eigenvalue weighted by Crippen LogP contribution is -3.00. The molecule has 3 aromatic rings. The second kappa shape index (κ2) is 5.88. The molecule has 102 valence electrons. The van der Waals surface area contributed by atoms with Crippen LogP contribution in [0.25, 0.3) is 16.8 Å². The first-order valence-corrected chi connectivity index (χ1v) is 5.92. The van der Waals surface area contributed by atoms with Crippen molar-refractivity contribution in [1.29, 1.82) is 0 Å². The van der Waals surface area contributed by atoms with Crippen LogP contribution in [0.1, 0.15) is 6.92 Å². The molecule has 0 unspecified atom stereocenters. The number of hydrogen-bond donors (Lipinski definition) is 0. The molecular weight excluding hydrogens is 322 g/mol. The van der Waals surface area contributed by atoms with Crippen LogP contribution in [0, 0.1) is 0 Å². The van der Waals surface area contributed by atoms with Gasteiger partial charge >= 0.3 is 5.97 Å². The molecule has 2 heterocycles. The first kappa shape index (κ1) is 14.3. The summed E-state index contributed by atoms with van der Waals surface area (Å²) in [6, 6.07) is 15.0. The lowest BCUT2D eigenvalue weighted by atomic mass is 10.1. The molecule has 5 heteroatoms. The minimum atomic E-state index is -0.351. The fraction of sp³-hybridized carbons (Fsp3) is 0.0667. The van der Waals surface area contributed by atoms with Crippen LogP contribution < -0.4 is 26.3 Å². The van der Waals surface area contributed by atoms with E-state index >= 15 is 0 Å². The molecule has 0 amide bonds. The Labute approximate surface area is 126 Å². The summed E-state index contributed by atoms with van der Waals surface area (Å²) in [6.07, 6.45) is 1.83. The molecule has 1 aromatic carbocycles. The summed E-state index contributed by atoms with van der Waals surface area (Å²) in [6.45, 7) is 1.38. The fourth-order valence-electron chi connectivity index (χ4n) is 1.94. The quantitative estimate of drug-likeness (QED) is 0.364. The van der Waals surface area contributed by atoms with E-state index in [4.69, 9.17) is 9.26 Å². The minimum absolute atomic E-state index is 0. The van der Waals surface area contributed by atoms with Crippen molar-refractivity contribution in [1.82, 2.24) is 0 Å². The summed E-state index contributed by atoms with van der Waals surface area (Å²) >= 11 is 0. The number of nitrogens with zero attached hydrogens (tertiary/aromatic N) is 1. The van der Waals surface area contributed by atoms with Crippen LogP contribution in [0.3, 0.4) is 0 Å². The van der Waals surface area contributed by atoms with Gasteiger partial charge in [0.1, 0.15) is 5.75 Å².